The van der Waals surface area contributed by atoms with Crippen LogP contribution in [0.2, 0.25) is 0 Å². The SMILES string of the molecule is C=CS(=O)(=O)c1cc(N=Nc2c(S(=O)(=O)O)cc3cc(S(=O)(=O)O)c(N=Nc4ccc(S(=O)(=O)Nc5ccc(N=Nc6ccc(N)cc6N)cc5)cc4)c(O)c3c2N)c(S(=O)(=O)O)cc1S(=O)(=O)O. The zero-order valence-electron chi connectivity index (χ0n) is 33.9. The maximum Gasteiger partial charge on any atom is 0.296 e. The molecule has 0 unspecified atom stereocenters. The second-order valence-corrected chi connectivity index (χ2v) is 22.9. The lowest BCUT2D eigenvalue weighted by Crippen LogP contribution is -2.12. The average molecular weight is 1070 g/mol. The standard InChI is InChI=1S/C36H30N10O17S6/c1-2-64(48,49)28-16-26(27(66(52,53)54)17-29(28)67(55,56)57)43-44-34-30(68(58,59)60)13-18-14-31(69(61,62)63)35(36(47)32(18)33(34)39)45-41-21-8-10-23(11-9-21)65(50,51)46-22-6-4-20(5-7-22)40-42-25-12-3-19(37)15-24(25)38/h2-17,46-47H,1,37-39H2,(H,52,53,54)(H,55,56,57)(H,58,59,60)(H,61,62,63). The number of benzene rings is 6. The van der Waals surface area contributed by atoms with Gasteiger partial charge in [0.25, 0.3) is 50.5 Å². The number of nitrogen functional groups attached to an aromatic ring is 3. The first-order valence-electron chi connectivity index (χ1n) is 18.0. The molecule has 6 rings (SSSR count). The van der Waals surface area contributed by atoms with Crippen LogP contribution >= 0.6 is 0 Å². The number of nitrogens with two attached hydrogens (primary N) is 3. The number of hydrogen-bond acceptors (Lipinski definition) is 22. The van der Waals surface area contributed by atoms with Gasteiger partial charge in [0.2, 0.25) is 9.84 Å². The van der Waals surface area contributed by atoms with Crippen molar-refractivity contribution in [2.24, 2.45) is 30.7 Å². The molecule has 0 fully saturated rings. The van der Waals surface area contributed by atoms with Gasteiger partial charge in [0.1, 0.15) is 42.3 Å². The van der Waals surface area contributed by atoms with Gasteiger partial charge in [0, 0.05) is 16.8 Å². The first kappa shape index (κ1) is 51.1. The fourth-order valence-electron chi connectivity index (χ4n) is 5.92. The molecule has 0 spiro atoms. The van der Waals surface area contributed by atoms with Gasteiger partial charge in [-0.1, -0.05) is 6.58 Å². The number of anilines is 4. The van der Waals surface area contributed by atoms with Gasteiger partial charge in [-0.15, -0.1) is 20.5 Å². The summed E-state index contributed by atoms with van der Waals surface area (Å²) in [6, 6.07) is 15.8. The summed E-state index contributed by atoms with van der Waals surface area (Å²) in [5.74, 6) is -1.28. The summed E-state index contributed by atoms with van der Waals surface area (Å²) in [5, 5.41) is 32.6. The van der Waals surface area contributed by atoms with E-state index in [1.165, 1.54) is 30.3 Å². The Bertz CT molecular complexity index is 3950. The van der Waals surface area contributed by atoms with E-state index in [2.05, 4.69) is 42.0 Å². The molecule has 0 bridgehead atoms. The van der Waals surface area contributed by atoms with E-state index in [9.17, 15) is 73.8 Å². The van der Waals surface area contributed by atoms with Crippen LogP contribution in [0.15, 0.2) is 163 Å². The van der Waals surface area contributed by atoms with Crippen molar-refractivity contribution >= 4 is 128 Å². The molecule has 6 aromatic rings. The molecular formula is C36H30N10O17S6. The molecule has 69 heavy (non-hydrogen) atoms. The largest absolute Gasteiger partial charge is 0.505 e. The maximum absolute atomic E-state index is 13.2. The third-order valence-electron chi connectivity index (χ3n) is 9.09. The van der Waals surface area contributed by atoms with Crippen molar-refractivity contribution in [2.45, 2.75) is 29.4 Å². The van der Waals surface area contributed by atoms with Crippen molar-refractivity contribution in [3.63, 3.8) is 0 Å². The Morgan fingerprint density at radius 1 is 0.507 bits per heavy atom. The second-order valence-electron chi connectivity index (χ2n) is 13.8. The van der Waals surface area contributed by atoms with E-state index in [0.717, 1.165) is 24.3 Å². The molecule has 0 aliphatic carbocycles. The Labute approximate surface area is 390 Å². The molecule has 6 aromatic carbocycles. The molecule has 0 heterocycles. The van der Waals surface area contributed by atoms with E-state index in [4.69, 9.17) is 17.2 Å². The number of fused-ring (bicyclic) bond motifs is 1. The summed E-state index contributed by atoms with van der Waals surface area (Å²) < 4.78 is 193. The molecular weight excluding hydrogens is 1040 g/mol. The van der Waals surface area contributed by atoms with Gasteiger partial charge in [-0.3, -0.25) is 22.9 Å². The van der Waals surface area contributed by atoms with E-state index in [-0.39, 0.29) is 39.5 Å². The molecule has 0 aliphatic rings. The van der Waals surface area contributed by atoms with Crippen LogP contribution in [-0.4, -0.2) is 73.8 Å². The Hall–Kier alpha value is -7.34. The van der Waals surface area contributed by atoms with Gasteiger partial charge in [0.15, 0.2) is 5.75 Å². The van der Waals surface area contributed by atoms with Crippen molar-refractivity contribution in [1.29, 1.82) is 0 Å². The smallest absolute Gasteiger partial charge is 0.296 e. The highest BCUT2D eigenvalue weighted by atomic mass is 32.2. The van der Waals surface area contributed by atoms with Crippen LogP contribution in [0.3, 0.4) is 0 Å². The number of phenols is 1. The van der Waals surface area contributed by atoms with Crippen LogP contribution in [0.5, 0.6) is 5.75 Å². The summed E-state index contributed by atoms with van der Waals surface area (Å²) in [5.41, 5.74) is 14.5. The summed E-state index contributed by atoms with van der Waals surface area (Å²) in [7, 11) is -31.3. The van der Waals surface area contributed by atoms with E-state index < -0.39 is 124 Å². The number of hydrogen-bond donors (Lipinski definition) is 9. The molecule has 0 saturated heterocycles. The van der Waals surface area contributed by atoms with E-state index in [0.29, 0.717) is 29.2 Å². The molecule has 0 radical (unpaired) electrons. The lowest BCUT2D eigenvalue weighted by atomic mass is 10.1. The van der Waals surface area contributed by atoms with Crippen molar-refractivity contribution in [3.8, 4) is 5.75 Å². The summed E-state index contributed by atoms with van der Waals surface area (Å²) >= 11 is 0. The van der Waals surface area contributed by atoms with E-state index in [1.54, 1.807) is 12.1 Å². The van der Waals surface area contributed by atoms with Crippen molar-refractivity contribution in [1.82, 2.24) is 0 Å². The summed E-state index contributed by atoms with van der Waals surface area (Å²) in [4.78, 5) is -7.38. The Balaban J connectivity index is 1.39. The minimum Gasteiger partial charge on any atom is -0.505 e. The van der Waals surface area contributed by atoms with Crippen molar-refractivity contribution < 1.29 is 73.8 Å². The molecule has 0 aliphatic heterocycles. The van der Waals surface area contributed by atoms with Gasteiger partial charge < -0.3 is 22.3 Å². The minimum absolute atomic E-state index is 0.0375. The highest BCUT2D eigenvalue weighted by Gasteiger charge is 2.31. The molecule has 27 nitrogen and oxygen atoms in total. The van der Waals surface area contributed by atoms with Crippen LogP contribution < -0.4 is 21.9 Å². The summed E-state index contributed by atoms with van der Waals surface area (Å²) in [6.07, 6.45) is 0. The highest BCUT2D eigenvalue weighted by Crippen LogP contribution is 2.49. The molecule has 33 heteroatoms. The highest BCUT2D eigenvalue weighted by molar-refractivity contribution is 7.95. The minimum atomic E-state index is -5.60. The predicted octanol–water partition coefficient (Wildman–Crippen LogP) is 6.24. The zero-order chi connectivity index (χ0) is 51.2. The first-order chi connectivity index (χ1) is 31.8. The third-order valence-corrected chi connectivity index (χ3v) is 15.5. The number of nitrogens with zero attached hydrogens (tertiary/aromatic N) is 6. The Morgan fingerprint density at radius 3 is 1.52 bits per heavy atom. The van der Waals surface area contributed by atoms with Gasteiger partial charge in [0.05, 0.1) is 37.9 Å². The number of azo groups is 3. The average Bonchev–Trinajstić information content (AvgIpc) is 3.24. The zero-order valence-corrected chi connectivity index (χ0v) is 38.8. The Morgan fingerprint density at radius 2 is 1.00 bits per heavy atom. The number of sulfone groups is 1. The maximum atomic E-state index is 13.2. The molecule has 0 atom stereocenters. The number of phenolic OH excluding ortho intramolecular Hbond substituents is 1. The molecule has 0 amide bonds. The quantitative estimate of drug-likeness (QED) is 0.0312. The predicted molar refractivity (Wildman–Crippen MR) is 245 cm³/mol. The molecule has 0 saturated carbocycles. The van der Waals surface area contributed by atoms with Crippen LogP contribution in [-0.2, 0) is 60.3 Å². The molecule has 0 aromatic heterocycles. The van der Waals surface area contributed by atoms with Crippen LogP contribution in [0.1, 0.15) is 0 Å². The van der Waals surface area contributed by atoms with Crippen molar-refractivity contribution in [3.05, 3.63) is 103 Å². The van der Waals surface area contributed by atoms with Crippen LogP contribution in [0, 0.1) is 0 Å². The number of nitrogens with one attached hydrogen (secondary N) is 1. The molecule has 362 valence electrons. The number of rotatable bonds is 15. The van der Waals surface area contributed by atoms with Gasteiger partial charge in [-0.2, -0.15) is 43.9 Å². The van der Waals surface area contributed by atoms with E-state index in [1.807, 2.05) is 0 Å². The fraction of sp³-hybridized carbons (Fsp3) is 0. The van der Waals surface area contributed by atoms with Crippen LogP contribution in [0.4, 0.5) is 56.9 Å². The number of aromatic hydroxyl groups is 1. The van der Waals surface area contributed by atoms with Gasteiger partial charge >= 0.3 is 0 Å². The van der Waals surface area contributed by atoms with E-state index >= 15 is 0 Å². The monoisotopic (exact) mass is 1070 g/mol. The number of sulfonamides is 1. The lowest BCUT2D eigenvalue weighted by molar-refractivity contribution is 0.472. The first-order valence-corrected chi connectivity index (χ1v) is 26.8. The third kappa shape index (κ3) is 11.2. The fourth-order valence-corrected chi connectivity index (χ4v) is 11.1. The van der Waals surface area contributed by atoms with Gasteiger partial charge in [-0.05, 0) is 96.4 Å². The lowest BCUT2D eigenvalue weighted by Gasteiger charge is -2.14. The van der Waals surface area contributed by atoms with Crippen molar-refractivity contribution in [2.75, 3.05) is 21.9 Å². The topological polar surface area (TPSA) is 470 Å². The second kappa shape index (κ2) is 18.3. The Kier molecular flexibility index (Phi) is 13.5. The normalized spacial score (nSPS) is 13.2. The van der Waals surface area contributed by atoms with Crippen LogP contribution in [0.25, 0.3) is 10.8 Å². The summed E-state index contributed by atoms with van der Waals surface area (Å²) in [6.45, 7) is 2.99. The molecule has 12 N–H and O–H groups in total. The van der Waals surface area contributed by atoms with Gasteiger partial charge in [-0.25, -0.2) is 16.8 Å².